The van der Waals surface area contributed by atoms with Crippen molar-refractivity contribution in [3.05, 3.63) is 16.3 Å². The van der Waals surface area contributed by atoms with E-state index in [9.17, 15) is 19.1 Å². The van der Waals surface area contributed by atoms with Gasteiger partial charge in [0.25, 0.3) is 11.3 Å². The van der Waals surface area contributed by atoms with Gasteiger partial charge in [-0.1, -0.05) is 0 Å². The number of hydrogen-bond acceptors (Lipinski definition) is 6. The van der Waals surface area contributed by atoms with Gasteiger partial charge in [-0.15, -0.1) is 0 Å². The Morgan fingerprint density at radius 3 is 2.79 bits per heavy atom. The quantitative estimate of drug-likeness (QED) is 0.345. The molecule has 0 saturated carbocycles. The van der Waals surface area contributed by atoms with E-state index in [2.05, 4.69) is 4.98 Å². The van der Waals surface area contributed by atoms with Gasteiger partial charge in [0.05, 0.1) is 4.92 Å². The van der Waals surface area contributed by atoms with Crippen LogP contribution in [-0.2, 0) is 16.1 Å². The molecule has 1 aromatic rings. The SMILES string of the molecule is O=CN(c1ncc([N+](=O)[O-])s1)S(=O)O. The Bertz CT molecular complexity index is 390. The molecule has 0 aliphatic carbocycles. The summed E-state index contributed by atoms with van der Waals surface area (Å²) in [5.74, 6) is 0. The standard InChI is InChI=1S/C4H3N3O5S2/c8-2-6(14(11)12)4-5-1-3(13-4)7(9)10/h1-2H,(H,11,12). The third kappa shape index (κ3) is 2.10. The molecular formula is C4H3N3O5S2. The maximum absolute atomic E-state index is 10.5. The summed E-state index contributed by atoms with van der Waals surface area (Å²) < 4.78 is 19.5. The number of hydrogen-bond donors (Lipinski definition) is 1. The number of rotatable bonds is 4. The molecule has 0 aliphatic rings. The molecule has 8 nitrogen and oxygen atoms in total. The van der Waals surface area contributed by atoms with Crippen molar-refractivity contribution in [3.63, 3.8) is 0 Å². The molecule has 0 fully saturated rings. The molecule has 1 heterocycles. The molecule has 76 valence electrons. The van der Waals surface area contributed by atoms with E-state index >= 15 is 0 Å². The highest BCUT2D eigenvalue weighted by Crippen LogP contribution is 2.27. The van der Waals surface area contributed by atoms with E-state index in [-0.39, 0.29) is 16.5 Å². The molecular weight excluding hydrogens is 234 g/mol. The van der Waals surface area contributed by atoms with Crippen molar-refractivity contribution in [2.24, 2.45) is 0 Å². The van der Waals surface area contributed by atoms with Gasteiger partial charge in [-0.05, 0) is 11.3 Å². The zero-order valence-electron chi connectivity index (χ0n) is 6.39. The molecule has 10 heteroatoms. The summed E-state index contributed by atoms with van der Waals surface area (Å²) in [5.41, 5.74) is 0. The molecule has 1 rings (SSSR count). The number of nitro groups is 1. The smallest absolute Gasteiger partial charge is 0.289 e. The molecule has 0 radical (unpaired) electrons. The van der Waals surface area contributed by atoms with E-state index < -0.39 is 16.2 Å². The average Bonchev–Trinajstić information content (AvgIpc) is 2.53. The van der Waals surface area contributed by atoms with Crippen molar-refractivity contribution in [3.8, 4) is 0 Å². The van der Waals surface area contributed by atoms with Gasteiger partial charge in [-0.25, -0.2) is 9.19 Å². The minimum Gasteiger partial charge on any atom is -0.289 e. The monoisotopic (exact) mass is 237 g/mol. The van der Waals surface area contributed by atoms with Crippen molar-refractivity contribution >= 4 is 39.1 Å². The fourth-order valence-corrected chi connectivity index (χ4v) is 1.75. The van der Waals surface area contributed by atoms with Crippen LogP contribution < -0.4 is 4.31 Å². The van der Waals surface area contributed by atoms with Gasteiger partial charge in [-0.3, -0.25) is 19.5 Å². The summed E-state index contributed by atoms with van der Waals surface area (Å²) in [7, 11) is 0. The van der Waals surface area contributed by atoms with E-state index in [1.165, 1.54) is 0 Å². The van der Waals surface area contributed by atoms with Crippen LogP contribution in [0, 0.1) is 10.1 Å². The first kappa shape index (κ1) is 10.7. The van der Waals surface area contributed by atoms with Crippen LogP contribution in [-0.4, -0.2) is 25.1 Å². The number of thiazole rings is 1. The van der Waals surface area contributed by atoms with Gasteiger partial charge < -0.3 is 0 Å². The lowest BCUT2D eigenvalue weighted by molar-refractivity contribution is -0.380. The minimum absolute atomic E-state index is 0.0681. The molecule has 1 atom stereocenters. The first-order valence-electron chi connectivity index (χ1n) is 3.02. The van der Waals surface area contributed by atoms with Crippen LogP contribution >= 0.6 is 11.3 Å². The van der Waals surface area contributed by atoms with Crippen LogP contribution in [0.15, 0.2) is 6.20 Å². The first-order valence-corrected chi connectivity index (χ1v) is 4.90. The van der Waals surface area contributed by atoms with Crippen LogP contribution in [0.5, 0.6) is 0 Å². The van der Waals surface area contributed by atoms with E-state index in [1.807, 2.05) is 0 Å². The summed E-state index contributed by atoms with van der Waals surface area (Å²) in [4.78, 5) is 23.3. The molecule has 0 saturated heterocycles. The van der Waals surface area contributed by atoms with Gasteiger partial charge in [0.15, 0.2) is 0 Å². The molecule has 1 unspecified atom stereocenters. The molecule has 0 aromatic carbocycles. The molecule has 0 bridgehead atoms. The number of aromatic nitrogens is 1. The Kier molecular flexibility index (Phi) is 3.22. The van der Waals surface area contributed by atoms with Crippen LogP contribution in [0.2, 0.25) is 0 Å². The fraction of sp³-hybridized carbons (Fsp3) is 0. The lowest BCUT2D eigenvalue weighted by Gasteiger charge is -2.04. The largest absolute Gasteiger partial charge is 0.345 e. The predicted octanol–water partition coefficient (Wildman–Crippen LogP) is 0.151. The van der Waals surface area contributed by atoms with Crippen molar-refractivity contribution < 1.29 is 18.5 Å². The average molecular weight is 237 g/mol. The van der Waals surface area contributed by atoms with Crippen molar-refractivity contribution in [1.82, 2.24) is 4.98 Å². The van der Waals surface area contributed by atoms with Crippen molar-refractivity contribution in [2.75, 3.05) is 4.31 Å². The summed E-state index contributed by atoms with van der Waals surface area (Å²) in [5, 5.41) is 9.72. The van der Waals surface area contributed by atoms with Crippen LogP contribution in [0.25, 0.3) is 0 Å². The second-order valence-electron chi connectivity index (χ2n) is 1.90. The van der Waals surface area contributed by atoms with Crippen molar-refractivity contribution in [2.45, 2.75) is 0 Å². The highest BCUT2D eigenvalue weighted by atomic mass is 32.2. The molecule has 1 N–H and O–H groups in total. The molecule has 0 spiro atoms. The minimum atomic E-state index is -2.56. The maximum atomic E-state index is 10.5. The molecule has 14 heavy (non-hydrogen) atoms. The van der Waals surface area contributed by atoms with E-state index in [0.29, 0.717) is 15.6 Å². The zero-order valence-corrected chi connectivity index (χ0v) is 8.03. The topological polar surface area (TPSA) is 114 Å². The first-order chi connectivity index (χ1) is 6.56. The lowest BCUT2D eigenvalue weighted by atomic mass is 10.9. The third-order valence-corrected chi connectivity index (χ3v) is 2.77. The lowest BCUT2D eigenvalue weighted by Crippen LogP contribution is -2.22. The highest BCUT2D eigenvalue weighted by Gasteiger charge is 2.19. The summed E-state index contributed by atoms with van der Waals surface area (Å²) in [6, 6.07) is 0. The Hall–Kier alpha value is -1.39. The summed E-state index contributed by atoms with van der Waals surface area (Å²) >= 11 is -2.03. The van der Waals surface area contributed by atoms with E-state index in [0.717, 1.165) is 6.20 Å². The number of carbonyl (C=O) groups excluding carboxylic acids is 1. The van der Waals surface area contributed by atoms with Crippen molar-refractivity contribution in [1.29, 1.82) is 0 Å². The Morgan fingerprint density at radius 2 is 2.43 bits per heavy atom. The Morgan fingerprint density at radius 1 is 1.79 bits per heavy atom. The van der Waals surface area contributed by atoms with Gasteiger partial charge in [-0.2, -0.15) is 4.31 Å². The predicted molar refractivity (Wildman–Crippen MR) is 48.1 cm³/mol. The normalized spacial score (nSPS) is 12.1. The third-order valence-electron chi connectivity index (χ3n) is 1.11. The fourth-order valence-electron chi connectivity index (χ4n) is 0.592. The summed E-state index contributed by atoms with van der Waals surface area (Å²) in [6.45, 7) is 0. The number of nitrogens with zero attached hydrogens (tertiary/aromatic N) is 3. The van der Waals surface area contributed by atoms with E-state index in [1.54, 1.807) is 0 Å². The number of carbonyl (C=O) groups is 1. The summed E-state index contributed by atoms with van der Waals surface area (Å²) in [6.07, 6.45) is 0.974. The van der Waals surface area contributed by atoms with Gasteiger partial charge >= 0.3 is 5.00 Å². The van der Waals surface area contributed by atoms with E-state index in [4.69, 9.17) is 4.55 Å². The van der Waals surface area contributed by atoms with Gasteiger partial charge in [0.2, 0.25) is 11.5 Å². The zero-order chi connectivity index (χ0) is 10.7. The Labute approximate surface area is 83.7 Å². The highest BCUT2D eigenvalue weighted by molar-refractivity contribution is 7.81. The molecule has 1 aromatic heterocycles. The number of anilines is 1. The van der Waals surface area contributed by atoms with Gasteiger partial charge in [0.1, 0.15) is 6.20 Å². The van der Waals surface area contributed by atoms with Crippen LogP contribution in [0.3, 0.4) is 0 Å². The molecule has 1 amide bonds. The van der Waals surface area contributed by atoms with Gasteiger partial charge in [0, 0.05) is 0 Å². The van der Waals surface area contributed by atoms with Crippen LogP contribution in [0.4, 0.5) is 10.1 Å². The maximum Gasteiger partial charge on any atom is 0.345 e. The second-order valence-corrected chi connectivity index (χ2v) is 3.74. The Balaban J connectivity index is 3.00. The number of amides is 1. The van der Waals surface area contributed by atoms with Crippen LogP contribution in [0.1, 0.15) is 0 Å². The second kappa shape index (κ2) is 4.21. The molecule has 0 aliphatic heterocycles.